The highest BCUT2D eigenvalue weighted by molar-refractivity contribution is 7.09. The molecule has 0 bridgehead atoms. The van der Waals surface area contributed by atoms with E-state index in [2.05, 4.69) is 15.3 Å². The van der Waals surface area contributed by atoms with Crippen molar-refractivity contribution in [3.8, 4) is 0 Å². The Morgan fingerprint density at radius 2 is 2.31 bits per heavy atom. The minimum absolute atomic E-state index is 0.166. The van der Waals surface area contributed by atoms with Gasteiger partial charge >= 0.3 is 0 Å². The lowest BCUT2D eigenvalue weighted by Crippen LogP contribution is -2.22. The third-order valence-corrected chi connectivity index (χ3v) is 2.73. The molecule has 0 saturated heterocycles. The summed E-state index contributed by atoms with van der Waals surface area (Å²) in [7, 11) is 0. The molecule has 6 heteroatoms. The molecule has 0 spiro atoms. The number of rotatable bonds is 3. The van der Waals surface area contributed by atoms with Gasteiger partial charge in [0, 0.05) is 17.3 Å². The fourth-order valence-electron chi connectivity index (χ4n) is 1.14. The van der Waals surface area contributed by atoms with E-state index in [0.29, 0.717) is 17.9 Å². The average molecular weight is 234 g/mol. The van der Waals surface area contributed by atoms with Gasteiger partial charge in [0.25, 0.3) is 5.91 Å². The van der Waals surface area contributed by atoms with E-state index in [0.717, 1.165) is 4.88 Å². The van der Waals surface area contributed by atoms with E-state index in [9.17, 15) is 4.79 Å². The van der Waals surface area contributed by atoms with Crippen LogP contribution in [0, 0.1) is 0 Å². The van der Waals surface area contributed by atoms with Gasteiger partial charge in [-0.1, -0.05) is 0 Å². The van der Waals surface area contributed by atoms with Crippen molar-refractivity contribution in [3.05, 3.63) is 40.5 Å². The van der Waals surface area contributed by atoms with Crippen molar-refractivity contribution >= 4 is 23.1 Å². The van der Waals surface area contributed by atoms with Crippen LogP contribution in [-0.4, -0.2) is 15.9 Å². The first-order valence-electron chi connectivity index (χ1n) is 4.63. The second-order valence-electron chi connectivity index (χ2n) is 3.12. The summed E-state index contributed by atoms with van der Waals surface area (Å²) in [6.45, 7) is 0.480. The van der Waals surface area contributed by atoms with Crippen LogP contribution in [0.4, 0.5) is 5.82 Å². The third-order valence-electron chi connectivity index (χ3n) is 1.96. The number of hydrogen-bond acceptors (Lipinski definition) is 5. The van der Waals surface area contributed by atoms with Crippen LogP contribution in [0.5, 0.6) is 0 Å². The maximum atomic E-state index is 11.6. The average Bonchev–Trinajstić information content (AvgIpc) is 2.80. The SMILES string of the molecule is Nc1ccc(C(=O)NCc2cncs2)cn1. The predicted molar refractivity (Wildman–Crippen MR) is 61.9 cm³/mol. The second kappa shape index (κ2) is 4.71. The molecule has 0 saturated carbocycles. The first-order chi connectivity index (χ1) is 7.75. The number of aromatic nitrogens is 2. The lowest BCUT2D eigenvalue weighted by Gasteiger charge is -2.02. The largest absolute Gasteiger partial charge is 0.384 e. The number of nitrogens with one attached hydrogen (secondary N) is 1. The molecule has 16 heavy (non-hydrogen) atoms. The lowest BCUT2D eigenvalue weighted by atomic mass is 10.2. The van der Waals surface area contributed by atoms with Gasteiger partial charge in [0.05, 0.1) is 17.6 Å². The van der Waals surface area contributed by atoms with Gasteiger partial charge < -0.3 is 11.1 Å². The molecular formula is C10H10N4OS. The van der Waals surface area contributed by atoms with Crippen LogP contribution in [0.15, 0.2) is 30.0 Å². The standard InChI is InChI=1S/C10H10N4OS/c11-9-2-1-7(3-13-9)10(15)14-5-8-4-12-6-16-8/h1-4,6H,5H2,(H2,11,13)(H,14,15). The molecule has 2 rings (SSSR count). The molecule has 0 radical (unpaired) electrons. The van der Waals surface area contributed by atoms with E-state index < -0.39 is 0 Å². The summed E-state index contributed by atoms with van der Waals surface area (Å²) in [6, 6.07) is 3.24. The monoisotopic (exact) mass is 234 g/mol. The molecule has 2 heterocycles. The summed E-state index contributed by atoms with van der Waals surface area (Å²) in [5, 5.41) is 2.77. The molecule has 0 aromatic carbocycles. The van der Waals surface area contributed by atoms with Crippen molar-refractivity contribution in [1.82, 2.24) is 15.3 Å². The van der Waals surface area contributed by atoms with E-state index in [1.807, 2.05) is 0 Å². The minimum Gasteiger partial charge on any atom is -0.384 e. The van der Waals surface area contributed by atoms with Crippen LogP contribution >= 0.6 is 11.3 Å². The number of hydrogen-bond donors (Lipinski definition) is 2. The molecule has 5 nitrogen and oxygen atoms in total. The molecule has 0 aliphatic carbocycles. The van der Waals surface area contributed by atoms with E-state index in [-0.39, 0.29) is 5.91 Å². The van der Waals surface area contributed by atoms with E-state index >= 15 is 0 Å². The Morgan fingerprint density at radius 3 is 2.94 bits per heavy atom. The van der Waals surface area contributed by atoms with Crippen LogP contribution in [0.2, 0.25) is 0 Å². The number of thiazole rings is 1. The molecule has 1 amide bonds. The highest BCUT2D eigenvalue weighted by atomic mass is 32.1. The Balaban J connectivity index is 1.95. The molecule has 3 N–H and O–H groups in total. The summed E-state index contributed by atoms with van der Waals surface area (Å²) in [5.41, 5.74) is 7.66. The van der Waals surface area contributed by atoms with E-state index in [1.54, 1.807) is 23.8 Å². The van der Waals surface area contributed by atoms with Gasteiger partial charge in [-0.25, -0.2) is 4.98 Å². The van der Waals surface area contributed by atoms with Crippen LogP contribution in [0.3, 0.4) is 0 Å². The van der Waals surface area contributed by atoms with Crippen LogP contribution < -0.4 is 11.1 Å². The maximum absolute atomic E-state index is 11.6. The van der Waals surface area contributed by atoms with Gasteiger partial charge in [-0.15, -0.1) is 11.3 Å². The molecule has 0 atom stereocenters. The smallest absolute Gasteiger partial charge is 0.253 e. The second-order valence-corrected chi connectivity index (χ2v) is 4.09. The molecule has 0 fully saturated rings. The Labute approximate surface area is 96.3 Å². The van der Waals surface area contributed by atoms with Crippen molar-refractivity contribution in [2.45, 2.75) is 6.54 Å². The number of amides is 1. The topological polar surface area (TPSA) is 80.9 Å². The van der Waals surface area contributed by atoms with Gasteiger partial charge in [0.15, 0.2) is 0 Å². The molecule has 82 valence electrons. The first-order valence-corrected chi connectivity index (χ1v) is 5.51. The van der Waals surface area contributed by atoms with Gasteiger partial charge in [-0.2, -0.15) is 0 Å². The summed E-state index contributed by atoms with van der Waals surface area (Å²) in [5.74, 6) is 0.236. The Morgan fingerprint density at radius 1 is 1.44 bits per heavy atom. The highest BCUT2D eigenvalue weighted by Crippen LogP contribution is 2.05. The first kappa shape index (κ1) is 10.6. The molecule has 0 aliphatic rings. The number of pyridine rings is 1. The molecule has 2 aromatic heterocycles. The summed E-state index contributed by atoms with van der Waals surface area (Å²) in [4.78, 5) is 20.4. The van der Waals surface area contributed by atoms with Crippen molar-refractivity contribution in [2.24, 2.45) is 0 Å². The van der Waals surface area contributed by atoms with Gasteiger partial charge in [0.1, 0.15) is 5.82 Å². The van der Waals surface area contributed by atoms with Crippen LogP contribution in [-0.2, 0) is 6.54 Å². The van der Waals surface area contributed by atoms with Crippen LogP contribution in [0.25, 0.3) is 0 Å². The van der Waals surface area contributed by atoms with Gasteiger partial charge in [-0.05, 0) is 12.1 Å². The molecule has 2 aromatic rings. The lowest BCUT2D eigenvalue weighted by molar-refractivity contribution is 0.0951. The van der Waals surface area contributed by atoms with Crippen molar-refractivity contribution in [2.75, 3.05) is 5.73 Å². The summed E-state index contributed by atoms with van der Waals surface area (Å²) >= 11 is 1.50. The number of nitrogens with two attached hydrogens (primary N) is 1. The van der Waals surface area contributed by atoms with Crippen molar-refractivity contribution < 1.29 is 4.79 Å². The summed E-state index contributed by atoms with van der Waals surface area (Å²) in [6.07, 6.45) is 3.18. The Kier molecular flexibility index (Phi) is 3.11. The van der Waals surface area contributed by atoms with E-state index in [4.69, 9.17) is 5.73 Å². The zero-order valence-electron chi connectivity index (χ0n) is 8.38. The third kappa shape index (κ3) is 2.54. The van der Waals surface area contributed by atoms with Gasteiger partial charge in [0.2, 0.25) is 0 Å². The van der Waals surface area contributed by atoms with Gasteiger partial charge in [-0.3, -0.25) is 9.78 Å². The van der Waals surface area contributed by atoms with Crippen LogP contribution in [0.1, 0.15) is 15.2 Å². The Bertz CT molecular complexity index is 466. The number of carbonyl (C=O) groups is 1. The highest BCUT2D eigenvalue weighted by Gasteiger charge is 2.05. The predicted octanol–water partition coefficient (Wildman–Crippen LogP) is 1.05. The quantitative estimate of drug-likeness (QED) is 0.831. The number of carbonyl (C=O) groups excluding carboxylic acids is 1. The van der Waals surface area contributed by atoms with Crippen molar-refractivity contribution in [3.63, 3.8) is 0 Å². The summed E-state index contributed by atoms with van der Waals surface area (Å²) < 4.78 is 0. The number of nitrogen functional groups attached to an aromatic ring is 1. The fraction of sp³-hybridized carbons (Fsp3) is 0.100. The normalized spacial score (nSPS) is 10.0. The zero-order valence-corrected chi connectivity index (χ0v) is 9.20. The number of nitrogens with zero attached hydrogens (tertiary/aromatic N) is 2. The molecule has 0 unspecified atom stereocenters. The minimum atomic E-state index is -0.166. The fourth-order valence-corrected chi connectivity index (χ4v) is 1.67. The Hall–Kier alpha value is -1.95. The van der Waals surface area contributed by atoms with Crippen molar-refractivity contribution in [1.29, 1.82) is 0 Å². The maximum Gasteiger partial charge on any atom is 0.253 e. The molecule has 0 aliphatic heterocycles. The number of anilines is 1. The van der Waals surface area contributed by atoms with E-state index in [1.165, 1.54) is 17.5 Å². The molecular weight excluding hydrogens is 224 g/mol. The zero-order chi connectivity index (χ0) is 11.4.